The summed E-state index contributed by atoms with van der Waals surface area (Å²) in [5.41, 5.74) is 8.10. The van der Waals surface area contributed by atoms with Gasteiger partial charge in [0.2, 0.25) is 0 Å². The topological polar surface area (TPSA) is 63.4 Å². The molecule has 0 spiro atoms. The van der Waals surface area contributed by atoms with E-state index in [4.69, 9.17) is 5.73 Å². The predicted octanol–water partition coefficient (Wildman–Crippen LogP) is 3.27. The van der Waals surface area contributed by atoms with Crippen LogP contribution in [-0.2, 0) is 0 Å². The average Bonchev–Trinajstić information content (AvgIpc) is 2.70. The van der Waals surface area contributed by atoms with E-state index in [1.165, 1.54) is 4.90 Å². The molecule has 0 saturated heterocycles. The lowest BCUT2D eigenvalue weighted by molar-refractivity contribution is 0.0926. The van der Waals surface area contributed by atoms with Crippen LogP contribution in [0.15, 0.2) is 46.9 Å². The maximum atomic E-state index is 12.6. The van der Waals surface area contributed by atoms with E-state index in [0.29, 0.717) is 16.8 Å². The molecular weight excluding hydrogens is 332 g/mol. The Morgan fingerprint density at radius 3 is 2.43 bits per heavy atom. The number of amides is 2. The lowest BCUT2D eigenvalue weighted by Gasteiger charge is -2.19. The zero-order valence-electron chi connectivity index (χ0n) is 11.3. The number of hydrogen-bond acceptors (Lipinski definition) is 3. The summed E-state index contributed by atoms with van der Waals surface area (Å²) in [6.45, 7) is 1.83. The minimum absolute atomic E-state index is 0.266. The Bertz CT molecular complexity index is 756. The molecule has 4 nitrogen and oxygen atoms in total. The molecule has 1 unspecified atom stereocenters. The Labute approximate surface area is 130 Å². The van der Waals surface area contributed by atoms with Gasteiger partial charge in [0, 0.05) is 10.5 Å². The monoisotopic (exact) mass is 344 g/mol. The zero-order chi connectivity index (χ0) is 15.1. The fourth-order valence-electron chi connectivity index (χ4n) is 2.51. The molecule has 0 aliphatic carbocycles. The second-order valence-corrected chi connectivity index (χ2v) is 5.90. The van der Waals surface area contributed by atoms with Crippen LogP contribution >= 0.6 is 15.9 Å². The molecule has 2 aromatic rings. The van der Waals surface area contributed by atoms with Crippen LogP contribution in [0, 0.1) is 0 Å². The lowest BCUT2D eigenvalue weighted by atomic mass is 10.1. The van der Waals surface area contributed by atoms with Crippen LogP contribution < -0.4 is 10.6 Å². The van der Waals surface area contributed by atoms with Crippen molar-refractivity contribution in [3.8, 4) is 0 Å². The molecule has 0 radical (unpaired) electrons. The Hall–Kier alpha value is -1.98. The quantitative estimate of drug-likeness (QED) is 0.850. The van der Waals surface area contributed by atoms with Gasteiger partial charge in [-0.25, -0.2) is 4.90 Å². The number of carbonyl (C=O) groups excluding carboxylic acids is 2. The number of rotatable bonds is 2. The molecule has 2 N–H and O–H groups in total. The van der Waals surface area contributed by atoms with E-state index < -0.39 is 0 Å². The van der Waals surface area contributed by atoms with E-state index in [-0.39, 0.29) is 17.9 Å². The highest BCUT2D eigenvalue weighted by Crippen LogP contribution is 2.33. The van der Waals surface area contributed by atoms with Crippen LogP contribution in [0.3, 0.4) is 0 Å². The van der Waals surface area contributed by atoms with Gasteiger partial charge in [-0.2, -0.15) is 0 Å². The van der Waals surface area contributed by atoms with Gasteiger partial charge in [0.15, 0.2) is 0 Å². The number of imide groups is 1. The number of nitrogens with zero attached hydrogens (tertiary/aromatic N) is 1. The number of fused-ring (bicyclic) bond motifs is 1. The first-order valence-corrected chi connectivity index (χ1v) is 7.33. The molecule has 21 heavy (non-hydrogen) atoms. The van der Waals surface area contributed by atoms with Crippen molar-refractivity contribution in [1.29, 1.82) is 0 Å². The number of anilines is 1. The van der Waals surface area contributed by atoms with Crippen molar-refractivity contribution in [2.45, 2.75) is 13.0 Å². The van der Waals surface area contributed by atoms with Crippen molar-refractivity contribution < 1.29 is 9.59 Å². The first-order chi connectivity index (χ1) is 10.0. The molecule has 106 valence electrons. The molecule has 0 aromatic heterocycles. The summed E-state index contributed by atoms with van der Waals surface area (Å²) in [5, 5.41) is 0. The SMILES string of the molecule is CC(N)c1ccccc1N1C(=O)c2ccc(Br)cc2C1=O. The van der Waals surface area contributed by atoms with Crippen molar-refractivity contribution in [2.24, 2.45) is 5.73 Å². The zero-order valence-corrected chi connectivity index (χ0v) is 12.9. The van der Waals surface area contributed by atoms with E-state index in [1.807, 2.05) is 19.1 Å². The van der Waals surface area contributed by atoms with Gasteiger partial charge in [-0.05, 0) is 36.8 Å². The maximum Gasteiger partial charge on any atom is 0.266 e. The minimum Gasteiger partial charge on any atom is -0.324 e. The van der Waals surface area contributed by atoms with Gasteiger partial charge >= 0.3 is 0 Å². The van der Waals surface area contributed by atoms with Crippen molar-refractivity contribution in [2.75, 3.05) is 4.90 Å². The summed E-state index contributed by atoms with van der Waals surface area (Å²) in [7, 11) is 0. The van der Waals surface area contributed by atoms with Crippen molar-refractivity contribution >= 4 is 33.4 Å². The minimum atomic E-state index is -0.315. The van der Waals surface area contributed by atoms with Gasteiger partial charge < -0.3 is 5.73 Å². The third-order valence-electron chi connectivity index (χ3n) is 3.52. The standard InChI is InChI=1S/C16H13BrN2O2/c1-9(18)11-4-2-3-5-14(11)19-15(20)12-7-6-10(17)8-13(12)16(19)21/h2-9H,18H2,1H3. The van der Waals surface area contributed by atoms with E-state index in [0.717, 1.165) is 10.0 Å². The highest BCUT2D eigenvalue weighted by atomic mass is 79.9. The number of halogens is 1. The Morgan fingerprint density at radius 1 is 1.05 bits per heavy atom. The molecule has 2 amide bonds. The summed E-state index contributed by atoms with van der Waals surface area (Å²) in [6.07, 6.45) is 0. The van der Waals surface area contributed by atoms with Crippen LogP contribution in [0.5, 0.6) is 0 Å². The number of benzene rings is 2. The lowest BCUT2D eigenvalue weighted by Crippen LogP contribution is -2.31. The van der Waals surface area contributed by atoms with Crippen LogP contribution in [0.1, 0.15) is 39.2 Å². The average molecular weight is 345 g/mol. The van der Waals surface area contributed by atoms with Crippen molar-refractivity contribution in [3.63, 3.8) is 0 Å². The van der Waals surface area contributed by atoms with Crippen LogP contribution in [0.4, 0.5) is 5.69 Å². The number of nitrogens with two attached hydrogens (primary N) is 1. The second kappa shape index (κ2) is 5.09. The van der Waals surface area contributed by atoms with Crippen LogP contribution in [0.2, 0.25) is 0 Å². The molecule has 0 fully saturated rings. The highest BCUT2D eigenvalue weighted by Gasteiger charge is 2.37. The number of carbonyl (C=O) groups is 2. The maximum absolute atomic E-state index is 12.6. The molecule has 1 heterocycles. The summed E-state index contributed by atoms with van der Waals surface area (Å²) in [5.74, 6) is -0.625. The highest BCUT2D eigenvalue weighted by molar-refractivity contribution is 9.10. The Morgan fingerprint density at radius 2 is 1.71 bits per heavy atom. The van der Waals surface area contributed by atoms with E-state index >= 15 is 0 Å². The largest absolute Gasteiger partial charge is 0.324 e. The van der Waals surface area contributed by atoms with Gasteiger partial charge in [-0.15, -0.1) is 0 Å². The molecular formula is C16H13BrN2O2. The van der Waals surface area contributed by atoms with E-state index in [1.54, 1.807) is 30.3 Å². The summed E-state index contributed by atoms with van der Waals surface area (Å²) >= 11 is 3.32. The second-order valence-electron chi connectivity index (χ2n) is 4.98. The van der Waals surface area contributed by atoms with Gasteiger partial charge in [0.25, 0.3) is 11.8 Å². The summed E-state index contributed by atoms with van der Waals surface area (Å²) < 4.78 is 0.768. The normalized spacial score (nSPS) is 15.3. The molecule has 2 aromatic carbocycles. The van der Waals surface area contributed by atoms with Crippen molar-refractivity contribution in [3.05, 3.63) is 63.6 Å². The molecule has 0 saturated carbocycles. The molecule has 1 aliphatic rings. The van der Waals surface area contributed by atoms with Crippen molar-refractivity contribution in [1.82, 2.24) is 0 Å². The smallest absolute Gasteiger partial charge is 0.266 e. The first kappa shape index (κ1) is 14.0. The van der Waals surface area contributed by atoms with Gasteiger partial charge in [-0.1, -0.05) is 34.1 Å². The fourth-order valence-corrected chi connectivity index (χ4v) is 2.87. The summed E-state index contributed by atoms with van der Waals surface area (Å²) in [4.78, 5) is 26.3. The van der Waals surface area contributed by atoms with E-state index in [2.05, 4.69) is 15.9 Å². The molecule has 1 atom stereocenters. The molecule has 0 bridgehead atoms. The van der Waals surface area contributed by atoms with Crippen LogP contribution in [0.25, 0.3) is 0 Å². The first-order valence-electron chi connectivity index (χ1n) is 6.53. The van der Waals surface area contributed by atoms with E-state index in [9.17, 15) is 9.59 Å². The summed E-state index contributed by atoms with van der Waals surface area (Å²) in [6, 6.07) is 12.0. The predicted molar refractivity (Wildman–Crippen MR) is 84.3 cm³/mol. The third-order valence-corrected chi connectivity index (χ3v) is 4.01. The van der Waals surface area contributed by atoms with Gasteiger partial charge in [-0.3, -0.25) is 9.59 Å². The third kappa shape index (κ3) is 2.18. The molecule has 1 aliphatic heterocycles. The van der Waals surface area contributed by atoms with Gasteiger partial charge in [0.05, 0.1) is 16.8 Å². The number of para-hydroxylation sites is 1. The Kier molecular flexibility index (Phi) is 3.39. The fraction of sp³-hybridized carbons (Fsp3) is 0.125. The van der Waals surface area contributed by atoms with Gasteiger partial charge in [0.1, 0.15) is 0 Å². The molecule has 3 rings (SSSR count). The number of hydrogen-bond donors (Lipinski definition) is 1. The Balaban J connectivity index is 2.15. The molecule has 5 heteroatoms. The van der Waals surface area contributed by atoms with Crippen LogP contribution in [-0.4, -0.2) is 11.8 Å².